The van der Waals surface area contributed by atoms with Crippen molar-refractivity contribution >= 4 is 11.0 Å². The van der Waals surface area contributed by atoms with Gasteiger partial charge in [-0.05, 0) is 24.8 Å². The van der Waals surface area contributed by atoms with Crippen LogP contribution < -0.4 is 0 Å². The summed E-state index contributed by atoms with van der Waals surface area (Å²) in [6.45, 7) is 0. The summed E-state index contributed by atoms with van der Waals surface area (Å²) < 4.78 is 1.92. The Labute approximate surface area is 128 Å². The Bertz CT molecular complexity index is 832. The number of rotatable bonds is 3. The van der Waals surface area contributed by atoms with E-state index in [-0.39, 0.29) is 6.04 Å². The number of hydrogen-bond donors (Lipinski definition) is 1. The number of nitrogens with zero attached hydrogens (tertiary/aromatic N) is 4. The highest BCUT2D eigenvalue weighted by Crippen LogP contribution is 2.34. The Morgan fingerprint density at radius 1 is 1.32 bits per heavy atom. The molecule has 1 saturated carbocycles. The van der Waals surface area contributed by atoms with Crippen molar-refractivity contribution in [3.05, 3.63) is 31.0 Å². The quantitative estimate of drug-likeness (QED) is 0.754. The summed E-state index contributed by atoms with van der Waals surface area (Å²) in [6, 6.07) is 2.03. The highest BCUT2D eigenvalue weighted by Gasteiger charge is 2.25. The van der Waals surface area contributed by atoms with Gasteiger partial charge in [0, 0.05) is 23.3 Å². The molecule has 0 spiro atoms. The van der Waals surface area contributed by atoms with Crippen LogP contribution in [-0.4, -0.2) is 24.7 Å². The maximum Gasteiger partial charge on any atom is 0.141 e. The predicted molar refractivity (Wildman–Crippen MR) is 84.9 cm³/mol. The van der Waals surface area contributed by atoms with Gasteiger partial charge in [0.25, 0.3) is 0 Å². The summed E-state index contributed by atoms with van der Waals surface area (Å²) in [6.07, 6.45) is 18.0. The molecule has 110 valence electrons. The molecule has 5 heteroatoms. The van der Waals surface area contributed by atoms with Gasteiger partial charge in [0.05, 0.1) is 11.9 Å². The van der Waals surface area contributed by atoms with Crippen LogP contribution >= 0.6 is 0 Å². The van der Waals surface area contributed by atoms with E-state index in [1.54, 1.807) is 6.33 Å². The molecular formula is C17H17N5. The standard InChI is InChI=1S/C17H17N5/c1-2-15(12-5-3-4-6-12)22-10-13(9-21-22)16-14-7-8-18-17(14)20-11-19-16/h1,7-12,15H,3-6H2,(H,18,19,20). The molecule has 1 N–H and O–H groups in total. The molecule has 0 saturated heterocycles. The number of H-pyrrole nitrogens is 1. The van der Waals surface area contributed by atoms with Crippen LogP contribution in [0.15, 0.2) is 31.0 Å². The second kappa shape index (κ2) is 5.30. The van der Waals surface area contributed by atoms with Crippen LogP contribution in [0.2, 0.25) is 0 Å². The molecule has 3 aromatic rings. The Morgan fingerprint density at radius 3 is 3.00 bits per heavy atom. The summed E-state index contributed by atoms with van der Waals surface area (Å²) in [7, 11) is 0. The molecular weight excluding hydrogens is 274 g/mol. The number of hydrogen-bond acceptors (Lipinski definition) is 3. The molecule has 1 aliphatic rings. The molecule has 1 aliphatic carbocycles. The van der Waals surface area contributed by atoms with Crippen LogP contribution in [0.1, 0.15) is 31.7 Å². The van der Waals surface area contributed by atoms with Crippen LogP contribution in [0.3, 0.4) is 0 Å². The zero-order valence-corrected chi connectivity index (χ0v) is 12.2. The molecule has 3 heterocycles. The van der Waals surface area contributed by atoms with Crippen LogP contribution in [0.4, 0.5) is 0 Å². The molecule has 0 amide bonds. The van der Waals surface area contributed by atoms with Crippen molar-refractivity contribution in [3.63, 3.8) is 0 Å². The summed E-state index contributed by atoms with van der Waals surface area (Å²) in [5.74, 6) is 3.46. The Kier molecular flexibility index (Phi) is 3.15. The van der Waals surface area contributed by atoms with E-state index in [0.29, 0.717) is 5.92 Å². The first-order valence-corrected chi connectivity index (χ1v) is 7.65. The molecule has 0 aliphatic heterocycles. The maximum atomic E-state index is 5.77. The summed E-state index contributed by atoms with van der Waals surface area (Å²) in [5, 5.41) is 5.50. The van der Waals surface area contributed by atoms with E-state index >= 15 is 0 Å². The lowest BCUT2D eigenvalue weighted by Gasteiger charge is -2.18. The Morgan fingerprint density at radius 2 is 2.18 bits per heavy atom. The SMILES string of the molecule is C#CC(C1CCCC1)n1cc(-c2ncnc3[nH]ccc23)cn1. The smallest absolute Gasteiger partial charge is 0.141 e. The summed E-state index contributed by atoms with van der Waals surface area (Å²) in [5.41, 5.74) is 2.70. The van der Waals surface area contributed by atoms with Crippen LogP contribution in [0.5, 0.6) is 0 Å². The van der Waals surface area contributed by atoms with E-state index in [9.17, 15) is 0 Å². The highest BCUT2D eigenvalue weighted by atomic mass is 15.3. The average Bonchev–Trinajstić information content (AvgIpc) is 3.29. The number of aromatic amines is 1. The van der Waals surface area contributed by atoms with E-state index in [1.165, 1.54) is 25.7 Å². The largest absolute Gasteiger partial charge is 0.346 e. The lowest BCUT2D eigenvalue weighted by Crippen LogP contribution is -2.16. The first-order chi connectivity index (χ1) is 10.9. The minimum atomic E-state index is 0.0415. The monoisotopic (exact) mass is 291 g/mol. The van der Waals surface area contributed by atoms with E-state index < -0.39 is 0 Å². The molecule has 0 aromatic carbocycles. The minimum absolute atomic E-state index is 0.0415. The van der Waals surface area contributed by atoms with Gasteiger partial charge in [0.15, 0.2) is 0 Å². The van der Waals surface area contributed by atoms with Gasteiger partial charge >= 0.3 is 0 Å². The van der Waals surface area contributed by atoms with Crippen molar-refractivity contribution in [2.75, 3.05) is 0 Å². The molecule has 1 atom stereocenters. The fraction of sp³-hybridized carbons (Fsp3) is 0.353. The molecule has 3 aromatic heterocycles. The van der Waals surface area contributed by atoms with E-state index in [4.69, 9.17) is 6.42 Å². The van der Waals surface area contributed by atoms with Crippen LogP contribution in [0, 0.1) is 18.3 Å². The topological polar surface area (TPSA) is 59.4 Å². The van der Waals surface area contributed by atoms with Crippen molar-refractivity contribution in [2.24, 2.45) is 5.92 Å². The number of aromatic nitrogens is 5. The van der Waals surface area contributed by atoms with Crippen LogP contribution in [-0.2, 0) is 0 Å². The molecule has 4 rings (SSSR count). The number of fused-ring (bicyclic) bond motifs is 1. The average molecular weight is 291 g/mol. The summed E-state index contributed by atoms with van der Waals surface area (Å²) in [4.78, 5) is 11.7. The van der Waals surface area contributed by atoms with E-state index in [0.717, 1.165) is 22.3 Å². The van der Waals surface area contributed by atoms with Crippen molar-refractivity contribution in [1.29, 1.82) is 0 Å². The predicted octanol–water partition coefficient (Wildman–Crippen LogP) is 3.19. The highest BCUT2D eigenvalue weighted by molar-refractivity contribution is 5.89. The van der Waals surface area contributed by atoms with Gasteiger partial charge in [0.1, 0.15) is 18.0 Å². The van der Waals surface area contributed by atoms with Gasteiger partial charge in [-0.2, -0.15) is 5.10 Å². The second-order valence-electron chi connectivity index (χ2n) is 5.83. The fourth-order valence-electron chi connectivity index (χ4n) is 3.42. The molecule has 1 unspecified atom stereocenters. The normalized spacial score (nSPS) is 16.9. The third kappa shape index (κ3) is 2.08. The van der Waals surface area contributed by atoms with Gasteiger partial charge in [0.2, 0.25) is 0 Å². The number of nitrogens with one attached hydrogen (secondary N) is 1. The van der Waals surface area contributed by atoms with Gasteiger partial charge in [-0.3, -0.25) is 4.68 Å². The van der Waals surface area contributed by atoms with Gasteiger partial charge in [-0.15, -0.1) is 6.42 Å². The van der Waals surface area contributed by atoms with Gasteiger partial charge < -0.3 is 4.98 Å². The third-order valence-corrected chi connectivity index (χ3v) is 4.53. The molecule has 0 bridgehead atoms. The molecule has 22 heavy (non-hydrogen) atoms. The van der Waals surface area contributed by atoms with E-state index in [2.05, 4.69) is 26.0 Å². The van der Waals surface area contributed by atoms with E-state index in [1.807, 2.05) is 29.3 Å². The molecule has 0 radical (unpaired) electrons. The maximum absolute atomic E-state index is 5.77. The van der Waals surface area contributed by atoms with Crippen LogP contribution in [0.25, 0.3) is 22.3 Å². The fourth-order valence-corrected chi connectivity index (χ4v) is 3.42. The van der Waals surface area contributed by atoms with Crippen molar-refractivity contribution in [1.82, 2.24) is 24.7 Å². The summed E-state index contributed by atoms with van der Waals surface area (Å²) >= 11 is 0. The lowest BCUT2D eigenvalue weighted by molar-refractivity contribution is 0.381. The van der Waals surface area contributed by atoms with Gasteiger partial charge in [-0.1, -0.05) is 18.8 Å². The first-order valence-electron chi connectivity index (χ1n) is 7.65. The van der Waals surface area contributed by atoms with Crippen molar-refractivity contribution in [3.8, 4) is 23.6 Å². The molecule has 5 nitrogen and oxygen atoms in total. The first kappa shape index (κ1) is 13.1. The zero-order valence-electron chi connectivity index (χ0n) is 12.2. The van der Waals surface area contributed by atoms with Crippen molar-refractivity contribution in [2.45, 2.75) is 31.7 Å². The number of terminal acetylenes is 1. The lowest BCUT2D eigenvalue weighted by atomic mass is 9.99. The zero-order chi connectivity index (χ0) is 14.9. The van der Waals surface area contributed by atoms with Crippen molar-refractivity contribution < 1.29 is 0 Å². The molecule has 1 fully saturated rings. The van der Waals surface area contributed by atoms with Gasteiger partial charge in [-0.25, -0.2) is 9.97 Å². The Hall–Kier alpha value is -2.61. The second-order valence-corrected chi connectivity index (χ2v) is 5.83. The third-order valence-electron chi connectivity index (χ3n) is 4.53. The Balaban J connectivity index is 1.72. The minimum Gasteiger partial charge on any atom is -0.346 e.